The van der Waals surface area contributed by atoms with Crippen molar-refractivity contribution >= 4 is 5.91 Å². The number of rotatable bonds is 6. The van der Waals surface area contributed by atoms with Crippen molar-refractivity contribution in [2.75, 3.05) is 0 Å². The van der Waals surface area contributed by atoms with Crippen LogP contribution in [0, 0.1) is 5.92 Å². The predicted octanol–water partition coefficient (Wildman–Crippen LogP) is 1.25. The molecular weight excluding hydrogens is 258 g/mol. The Kier molecular flexibility index (Phi) is 4.49. The molecule has 0 saturated heterocycles. The smallest absolute Gasteiger partial charge is 0.221 e. The Labute approximate surface area is 117 Å². The summed E-state index contributed by atoms with van der Waals surface area (Å²) in [5.74, 6) is 1.66. The van der Waals surface area contributed by atoms with Gasteiger partial charge in [0.2, 0.25) is 5.91 Å². The first-order valence-electron chi connectivity index (χ1n) is 6.60. The monoisotopic (exact) mass is 277 g/mol. The zero-order valence-electron chi connectivity index (χ0n) is 11.9. The van der Waals surface area contributed by atoms with E-state index >= 15 is 0 Å². The van der Waals surface area contributed by atoms with Crippen LogP contribution in [0.2, 0.25) is 0 Å². The van der Waals surface area contributed by atoms with Crippen molar-refractivity contribution in [1.29, 1.82) is 0 Å². The lowest BCUT2D eigenvalue weighted by Gasteiger charge is -2.21. The Morgan fingerprint density at radius 3 is 2.85 bits per heavy atom. The Hall–Kier alpha value is -2.18. The maximum atomic E-state index is 12.0. The summed E-state index contributed by atoms with van der Waals surface area (Å²) < 4.78 is 6.65. The fraction of sp³-hybridized carbons (Fsp3) is 0.538. The van der Waals surface area contributed by atoms with Crippen LogP contribution in [0.5, 0.6) is 0 Å². The Balaban J connectivity index is 1.95. The summed E-state index contributed by atoms with van der Waals surface area (Å²) in [6.07, 6.45) is 3.96. The van der Waals surface area contributed by atoms with Crippen molar-refractivity contribution in [3.05, 3.63) is 30.2 Å². The van der Waals surface area contributed by atoms with Gasteiger partial charge in [0.05, 0.1) is 12.2 Å². The molecule has 0 aromatic carbocycles. The minimum atomic E-state index is -0.148. The zero-order valence-corrected chi connectivity index (χ0v) is 11.9. The second-order valence-corrected chi connectivity index (χ2v) is 5.01. The molecule has 2 heterocycles. The molecule has 0 saturated carbocycles. The van der Waals surface area contributed by atoms with Crippen LogP contribution in [0.1, 0.15) is 37.9 Å². The first-order valence-corrected chi connectivity index (χ1v) is 6.60. The zero-order chi connectivity index (χ0) is 14.5. The number of hydrogen-bond donors (Lipinski definition) is 1. The van der Waals surface area contributed by atoms with Crippen LogP contribution in [0.3, 0.4) is 0 Å². The van der Waals surface area contributed by atoms with Crippen molar-refractivity contribution in [3.8, 4) is 0 Å². The molecule has 2 aromatic heterocycles. The van der Waals surface area contributed by atoms with Gasteiger partial charge in [0, 0.05) is 26.0 Å². The number of nitrogens with zero attached hydrogens (tertiary/aromatic N) is 4. The van der Waals surface area contributed by atoms with Gasteiger partial charge in [-0.3, -0.25) is 9.48 Å². The Morgan fingerprint density at radius 2 is 2.30 bits per heavy atom. The third-order valence-electron chi connectivity index (χ3n) is 3.10. The molecule has 1 atom stereocenters. The molecule has 7 nitrogen and oxygen atoms in total. The molecule has 2 rings (SSSR count). The van der Waals surface area contributed by atoms with Gasteiger partial charge in [0.25, 0.3) is 0 Å². The molecule has 0 spiro atoms. The summed E-state index contributed by atoms with van der Waals surface area (Å²) in [5, 5.41) is 10.7. The number of aryl methyl sites for hydroxylation is 2. The van der Waals surface area contributed by atoms with Crippen LogP contribution in [0.4, 0.5) is 0 Å². The quantitative estimate of drug-likeness (QED) is 0.858. The second-order valence-electron chi connectivity index (χ2n) is 5.01. The van der Waals surface area contributed by atoms with Crippen LogP contribution in [-0.2, 0) is 18.3 Å². The number of amides is 1. The van der Waals surface area contributed by atoms with Crippen LogP contribution in [0.15, 0.2) is 23.1 Å². The van der Waals surface area contributed by atoms with Crippen molar-refractivity contribution in [3.63, 3.8) is 0 Å². The number of aromatic nitrogens is 4. The molecule has 0 aliphatic heterocycles. The van der Waals surface area contributed by atoms with Gasteiger partial charge in [-0.05, 0) is 5.92 Å². The number of hydrogen-bond acceptors (Lipinski definition) is 5. The molecule has 108 valence electrons. The molecule has 2 aromatic rings. The van der Waals surface area contributed by atoms with E-state index in [-0.39, 0.29) is 17.9 Å². The lowest BCUT2D eigenvalue weighted by Crippen LogP contribution is -2.33. The molecular formula is C13H19N5O2. The molecule has 0 fully saturated rings. The topological polar surface area (TPSA) is 85.8 Å². The van der Waals surface area contributed by atoms with Gasteiger partial charge in [0.15, 0.2) is 0 Å². The van der Waals surface area contributed by atoms with E-state index in [1.165, 1.54) is 6.33 Å². The van der Waals surface area contributed by atoms with Gasteiger partial charge in [-0.1, -0.05) is 19.0 Å². The standard InChI is InChI=1S/C13H19N5O2/c1-9(2)12(13-14-8-15-18(13)3)17-11(19)5-4-10-6-7-16-20-10/h6-9,12H,4-5H2,1-3H3,(H,17,19). The molecule has 0 aliphatic carbocycles. The van der Waals surface area contributed by atoms with Crippen molar-refractivity contribution in [1.82, 2.24) is 25.2 Å². The van der Waals surface area contributed by atoms with E-state index in [0.29, 0.717) is 18.6 Å². The Morgan fingerprint density at radius 1 is 1.50 bits per heavy atom. The van der Waals surface area contributed by atoms with Crippen LogP contribution >= 0.6 is 0 Å². The van der Waals surface area contributed by atoms with E-state index in [4.69, 9.17) is 4.52 Å². The summed E-state index contributed by atoms with van der Waals surface area (Å²) in [5.41, 5.74) is 0. The van der Waals surface area contributed by atoms with E-state index in [2.05, 4.69) is 20.6 Å². The summed E-state index contributed by atoms with van der Waals surface area (Å²) in [7, 11) is 1.82. The number of nitrogens with one attached hydrogen (secondary N) is 1. The van der Waals surface area contributed by atoms with Crippen molar-refractivity contribution in [2.45, 2.75) is 32.7 Å². The van der Waals surface area contributed by atoms with Crippen LogP contribution < -0.4 is 5.32 Å². The van der Waals surface area contributed by atoms with Gasteiger partial charge in [0.1, 0.15) is 17.9 Å². The molecule has 20 heavy (non-hydrogen) atoms. The Bertz CT molecular complexity index is 547. The molecule has 0 bridgehead atoms. The van der Waals surface area contributed by atoms with E-state index in [9.17, 15) is 4.79 Å². The largest absolute Gasteiger partial charge is 0.361 e. The lowest BCUT2D eigenvalue weighted by molar-refractivity contribution is -0.122. The van der Waals surface area contributed by atoms with Crippen molar-refractivity contribution < 1.29 is 9.32 Å². The first-order chi connectivity index (χ1) is 9.58. The van der Waals surface area contributed by atoms with Crippen LogP contribution in [-0.4, -0.2) is 25.8 Å². The fourth-order valence-electron chi connectivity index (χ4n) is 1.97. The third-order valence-corrected chi connectivity index (χ3v) is 3.10. The SMILES string of the molecule is CC(C)C(NC(=O)CCc1ccno1)c1ncnn1C. The van der Waals surface area contributed by atoms with Crippen molar-refractivity contribution in [2.24, 2.45) is 13.0 Å². The van der Waals surface area contributed by atoms with E-state index < -0.39 is 0 Å². The van der Waals surface area contributed by atoms with Gasteiger partial charge >= 0.3 is 0 Å². The minimum Gasteiger partial charge on any atom is -0.361 e. The molecule has 1 N–H and O–H groups in total. The highest BCUT2D eigenvalue weighted by Crippen LogP contribution is 2.19. The van der Waals surface area contributed by atoms with E-state index in [1.54, 1.807) is 16.9 Å². The normalized spacial score (nSPS) is 12.6. The molecule has 1 amide bonds. The third kappa shape index (κ3) is 3.43. The highest BCUT2D eigenvalue weighted by Gasteiger charge is 2.22. The average Bonchev–Trinajstić information content (AvgIpc) is 3.04. The maximum absolute atomic E-state index is 12.0. The lowest BCUT2D eigenvalue weighted by atomic mass is 10.0. The fourth-order valence-corrected chi connectivity index (χ4v) is 1.97. The van der Waals surface area contributed by atoms with Gasteiger partial charge < -0.3 is 9.84 Å². The van der Waals surface area contributed by atoms with E-state index in [1.807, 2.05) is 20.9 Å². The molecule has 0 aliphatic rings. The van der Waals surface area contributed by atoms with Gasteiger partial charge in [-0.15, -0.1) is 0 Å². The summed E-state index contributed by atoms with van der Waals surface area (Å²) in [6.45, 7) is 4.08. The molecule has 1 unspecified atom stereocenters. The summed E-state index contributed by atoms with van der Waals surface area (Å²) >= 11 is 0. The van der Waals surface area contributed by atoms with Crippen LogP contribution in [0.25, 0.3) is 0 Å². The maximum Gasteiger partial charge on any atom is 0.221 e. The highest BCUT2D eigenvalue weighted by molar-refractivity contribution is 5.76. The van der Waals surface area contributed by atoms with Gasteiger partial charge in [-0.2, -0.15) is 5.10 Å². The second kappa shape index (κ2) is 6.31. The molecule has 7 heteroatoms. The number of carbonyl (C=O) groups excluding carboxylic acids is 1. The summed E-state index contributed by atoms with van der Waals surface area (Å²) in [4.78, 5) is 16.2. The highest BCUT2D eigenvalue weighted by atomic mass is 16.5. The summed E-state index contributed by atoms with van der Waals surface area (Å²) in [6, 6.07) is 1.61. The number of carbonyl (C=O) groups is 1. The molecule has 0 radical (unpaired) electrons. The predicted molar refractivity (Wildman–Crippen MR) is 71.5 cm³/mol. The first kappa shape index (κ1) is 14.2. The average molecular weight is 277 g/mol. The minimum absolute atomic E-state index is 0.0388. The van der Waals surface area contributed by atoms with Gasteiger partial charge in [-0.25, -0.2) is 4.98 Å². The van der Waals surface area contributed by atoms with E-state index in [0.717, 1.165) is 5.82 Å².